The molecule has 57 heavy (non-hydrogen) atoms. The van der Waals surface area contributed by atoms with Crippen molar-refractivity contribution in [1.29, 1.82) is 0 Å². The number of alkyl halides is 3. The zero-order valence-corrected chi connectivity index (χ0v) is 31.0. The number of piperazine rings is 1. The highest BCUT2D eigenvalue weighted by atomic mass is 19.4. The topological polar surface area (TPSA) is 122 Å². The summed E-state index contributed by atoms with van der Waals surface area (Å²) in [6.07, 6.45) is 8.15. The molecular formula is C41H39F5N8O3. The van der Waals surface area contributed by atoms with E-state index in [2.05, 4.69) is 37.9 Å². The van der Waals surface area contributed by atoms with Crippen molar-refractivity contribution in [3.63, 3.8) is 0 Å². The predicted octanol–water partition coefficient (Wildman–Crippen LogP) is 6.58. The maximum Gasteiger partial charge on any atom is 0.434 e. The summed E-state index contributed by atoms with van der Waals surface area (Å²) in [7, 11) is 0. The minimum Gasteiger partial charge on any atom is -0.508 e. The monoisotopic (exact) mass is 786 g/mol. The highest BCUT2D eigenvalue weighted by Crippen LogP contribution is 2.45. The molecule has 16 heteroatoms. The molecule has 296 valence electrons. The van der Waals surface area contributed by atoms with Crippen molar-refractivity contribution >= 4 is 27.5 Å². The summed E-state index contributed by atoms with van der Waals surface area (Å²) >= 11 is 0. The molecule has 9 rings (SSSR count). The van der Waals surface area contributed by atoms with Crippen LogP contribution in [0.4, 0.5) is 27.8 Å². The van der Waals surface area contributed by atoms with E-state index in [1.165, 1.54) is 24.3 Å². The third-order valence-corrected chi connectivity index (χ3v) is 12.1. The Morgan fingerprint density at radius 2 is 1.91 bits per heavy atom. The molecule has 0 radical (unpaired) electrons. The fraction of sp³-hybridized carbons (Fsp3) is 0.439. The largest absolute Gasteiger partial charge is 0.508 e. The van der Waals surface area contributed by atoms with Gasteiger partial charge < -0.3 is 24.8 Å². The molecule has 0 amide bonds. The molecule has 2 N–H and O–H groups in total. The van der Waals surface area contributed by atoms with Crippen LogP contribution >= 0.6 is 0 Å². The molecule has 4 aliphatic heterocycles. The number of pyridine rings is 1. The number of nitrogens with one attached hydrogen (secondary N) is 1. The second-order valence-corrected chi connectivity index (χ2v) is 15.3. The van der Waals surface area contributed by atoms with E-state index >= 15 is 8.78 Å². The number of hydrogen-bond acceptors (Lipinski definition) is 11. The lowest BCUT2D eigenvalue weighted by molar-refractivity contribution is -0.141. The van der Waals surface area contributed by atoms with Crippen LogP contribution < -0.4 is 19.7 Å². The van der Waals surface area contributed by atoms with Crippen molar-refractivity contribution in [2.75, 3.05) is 37.7 Å². The summed E-state index contributed by atoms with van der Waals surface area (Å²) in [5.41, 5.74) is -0.921. The number of hydrogen-bond donors (Lipinski definition) is 2. The number of aromatic hydroxyl groups is 1. The number of aryl methyl sites for hydroxylation is 1. The molecule has 0 bridgehead atoms. The van der Waals surface area contributed by atoms with Crippen molar-refractivity contribution in [2.45, 2.75) is 81.7 Å². The van der Waals surface area contributed by atoms with Crippen LogP contribution in [-0.4, -0.2) is 91.4 Å². The minimum absolute atomic E-state index is 0.00353. The van der Waals surface area contributed by atoms with Crippen LogP contribution in [0.1, 0.15) is 62.4 Å². The molecule has 3 aromatic heterocycles. The Morgan fingerprint density at radius 3 is 2.68 bits per heavy atom. The average molecular weight is 787 g/mol. The number of ether oxygens (including phenoxy) is 2. The van der Waals surface area contributed by atoms with E-state index in [-0.39, 0.29) is 82.2 Å². The van der Waals surface area contributed by atoms with Gasteiger partial charge in [-0.15, -0.1) is 6.42 Å². The highest BCUT2D eigenvalue weighted by molar-refractivity contribution is 6.03. The molecule has 0 spiro atoms. The first-order valence-electron chi connectivity index (χ1n) is 19.2. The Morgan fingerprint density at radius 1 is 1.05 bits per heavy atom. The third kappa shape index (κ3) is 6.50. The number of phenols is 1. The van der Waals surface area contributed by atoms with Crippen molar-refractivity contribution in [2.24, 2.45) is 0 Å². The molecule has 11 nitrogen and oxygen atoms in total. The molecule has 7 heterocycles. The Hall–Kier alpha value is -5.40. The van der Waals surface area contributed by atoms with Gasteiger partial charge >= 0.3 is 12.2 Å². The van der Waals surface area contributed by atoms with Gasteiger partial charge in [0, 0.05) is 42.2 Å². The lowest BCUT2D eigenvalue weighted by Crippen LogP contribution is -2.56. The van der Waals surface area contributed by atoms with Crippen LogP contribution in [-0.2, 0) is 12.6 Å². The molecule has 0 unspecified atom stereocenters. The summed E-state index contributed by atoms with van der Waals surface area (Å²) in [6.45, 7) is 4.64. The number of benzene rings is 2. The van der Waals surface area contributed by atoms with Crippen LogP contribution in [0.15, 0.2) is 36.7 Å². The van der Waals surface area contributed by atoms with Crippen LogP contribution in [0, 0.1) is 24.0 Å². The first-order valence-corrected chi connectivity index (χ1v) is 19.2. The van der Waals surface area contributed by atoms with Crippen molar-refractivity contribution < 1.29 is 36.5 Å². The van der Waals surface area contributed by atoms with Crippen LogP contribution in [0.3, 0.4) is 0 Å². The number of nitrogens with zero attached hydrogens (tertiary/aromatic N) is 7. The Bertz CT molecular complexity index is 2430. The zero-order chi connectivity index (χ0) is 39.6. The van der Waals surface area contributed by atoms with E-state index in [9.17, 15) is 18.3 Å². The predicted molar refractivity (Wildman–Crippen MR) is 201 cm³/mol. The van der Waals surface area contributed by atoms with Gasteiger partial charge in [0.25, 0.3) is 0 Å². The van der Waals surface area contributed by atoms with Gasteiger partial charge in [-0.1, -0.05) is 18.9 Å². The van der Waals surface area contributed by atoms with E-state index < -0.39 is 23.5 Å². The number of rotatable bonds is 8. The van der Waals surface area contributed by atoms with E-state index in [0.29, 0.717) is 54.4 Å². The number of halogens is 5. The number of phenolic OH excluding ortho intramolecular Hbond substituents is 1. The van der Waals surface area contributed by atoms with Gasteiger partial charge in [-0.05, 0) is 75.1 Å². The van der Waals surface area contributed by atoms with Crippen molar-refractivity contribution in [3.05, 3.63) is 65.2 Å². The number of terminal acetylenes is 1. The number of aromatic nitrogens is 5. The SMILES string of the molecule is C#Cc1c(F)ccc2cc(O)cc(-c3nc4c5c(nc(OC[C@@]67CCCN6[C@H](COc6cnc(C(F)(F)F)cn6)CC7)nc5c3F)N3C[C@@H](CC)NC[C@H]3CC4)c12. The molecular weight excluding hydrogens is 747 g/mol. The van der Waals surface area contributed by atoms with E-state index in [0.717, 1.165) is 44.8 Å². The summed E-state index contributed by atoms with van der Waals surface area (Å²) < 4.78 is 83.7. The molecule has 0 aliphatic carbocycles. The molecule has 4 atom stereocenters. The van der Waals surface area contributed by atoms with Gasteiger partial charge in [0.05, 0.1) is 34.6 Å². The van der Waals surface area contributed by atoms with Gasteiger partial charge in [0.1, 0.15) is 41.8 Å². The smallest absolute Gasteiger partial charge is 0.434 e. The summed E-state index contributed by atoms with van der Waals surface area (Å²) in [5.74, 6) is 1.37. The second kappa shape index (κ2) is 14.2. The Labute approximate surface area is 324 Å². The average Bonchev–Trinajstić information content (AvgIpc) is 3.73. The summed E-state index contributed by atoms with van der Waals surface area (Å²) in [4.78, 5) is 26.4. The Balaban J connectivity index is 1.08. The first-order chi connectivity index (χ1) is 27.5. The highest BCUT2D eigenvalue weighted by Gasteiger charge is 2.50. The van der Waals surface area contributed by atoms with Gasteiger partial charge in [0.15, 0.2) is 11.5 Å². The standard InChI is InChI=1S/C41H39F5N8O3/c1-3-23-19-53-24(16-47-23)7-9-30-34-37(35(43)36(50-30)28-15-26(55)14-22-6-8-29(42)27(4-2)33(22)28)51-39(52-38(34)53)57-21-40-11-5-13-54(40)25(10-12-40)20-56-32-18-48-31(17-49-32)41(44,45)46/h2,6,8,14-15,17-18,23-25,47,55H,3,5,7,9-13,16,19-21H2,1H3/t23-,24-,25+,40+/m1/s1. The number of fused-ring (bicyclic) bond motifs is 4. The van der Waals surface area contributed by atoms with E-state index in [1.54, 1.807) is 0 Å². The summed E-state index contributed by atoms with van der Waals surface area (Å²) in [6, 6.07) is 5.68. The maximum absolute atomic E-state index is 17.3. The fourth-order valence-electron chi connectivity index (χ4n) is 9.26. The van der Waals surface area contributed by atoms with Gasteiger partial charge in [-0.25, -0.2) is 23.7 Å². The van der Waals surface area contributed by atoms with E-state index in [4.69, 9.17) is 30.8 Å². The molecule has 5 aromatic rings. The van der Waals surface area contributed by atoms with Crippen molar-refractivity contribution in [3.8, 4) is 41.2 Å². The normalized spacial score (nSPS) is 23.3. The second-order valence-electron chi connectivity index (χ2n) is 15.3. The molecule has 2 aromatic carbocycles. The van der Waals surface area contributed by atoms with E-state index in [1.807, 2.05) is 0 Å². The quantitative estimate of drug-likeness (QED) is 0.131. The molecule has 3 saturated heterocycles. The van der Waals surface area contributed by atoms with Gasteiger partial charge in [0.2, 0.25) is 5.88 Å². The Kier molecular flexibility index (Phi) is 9.27. The summed E-state index contributed by atoms with van der Waals surface area (Å²) in [5, 5.41) is 15.5. The van der Waals surface area contributed by atoms with Crippen LogP contribution in [0.5, 0.6) is 17.6 Å². The first kappa shape index (κ1) is 37.2. The minimum atomic E-state index is -4.59. The third-order valence-electron chi connectivity index (χ3n) is 12.1. The number of anilines is 1. The lowest BCUT2D eigenvalue weighted by Gasteiger charge is -2.40. The van der Waals surface area contributed by atoms with Gasteiger partial charge in [-0.3, -0.25) is 4.90 Å². The van der Waals surface area contributed by atoms with Crippen LogP contribution in [0.2, 0.25) is 0 Å². The zero-order valence-electron chi connectivity index (χ0n) is 31.0. The van der Waals surface area contributed by atoms with Crippen LogP contribution in [0.25, 0.3) is 32.9 Å². The molecule has 3 fully saturated rings. The maximum atomic E-state index is 17.3. The van der Waals surface area contributed by atoms with Crippen molar-refractivity contribution in [1.82, 2.24) is 35.1 Å². The van der Waals surface area contributed by atoms with Gasteiger partial charge in [-0.2, -0.15) is 23.1 Å². The fourth-order valence-corrected chi connectivity index (χ4v) is 9.26. The lowest BCUT2D eigenvalue weighted by atomic mass is 9.95. The molecule has 4 aliphatic rings. The molecule has 0 saturated carbocycles.